The van der Waals surface area contributed by atoms with E-state index in [-0.39, 0.29) is 76.1 Å². The summed E-state index contributed by atoms with van der Waals surface area (Å²) in [6.07, 6.45) is 0. The van der Waals surface area contributed by atoms with Gasteiger partial charge in [-0.1, -0.05) is 0 Å². The van der Waals surface area contributed by atoms with Gasteiger partial charge in [0.15, 0.2) is 0 Å². The minimum Gasteiger partial charge on any atom is -0.549 e. The van der Waals surface area contributed by atoms with Crippen LogP contribution in [-0.2, 0) is 36.2 Å². The van der Waals surface area contributed by atoms with Crippen LogP contribution in [0.25, 0.3) is 0 Å². The molecule has 0 aromatic carbocycles. The van der Waals surface area contributed by atoms with Crippen molar-refractivity contribution in [1.82, 2.24) is 9.80 Å². The first-order valence-electron chi connectivity index (χ1n) is 5.50. The van der Waals surface area contributed by atoms with E-state index >= 15 is 0 Å². The molecular weight excluding hydrogens is 403 g/mol. The van der Waals surface area contributed by atoms with Gasteiger partial charge in [-0.05, 0) is 0 Å². The van der Waals surface area contributed by atoms with Crippen molar-refractivity contribution < 1.29 is 103 Å². The third-order valence-corrected chi connectivity index (χ3v) is 2.16. The molecule has 0 unspecified atom stereocenters. The third kappa shape index (κ3) is 25.6. The Morgan fingerprint density at radius 1 is 0.680 bits per heavy atom. The Morgan fingerprint density at radius 2 is 0.920 bits per heavy atom. The standard InChI is InChI=1S/C10H16N2O8.Fe.Na.3H2O/c13-7(14)3-11(4-8(15)16)1-2-12(5-9(17)18)6-10(19)20;;;;;/h1-6H2,(H,13,14)(H,15,16)(H,17,18)(H,19,20);;;3*1H2/q;;+1;;;/p-1. The SMILES string of the molecule is O.O.O.O=C([O-])CN(CCN(CC(=O)O)CC(=O)O)CC(=O)O.[Fe].[Na+]. The number of carboxylic acid groups (broad SMARTS) is 4. The van der Waals surface area contributed by atoms with Crippen LogP contribution in [0, 0.1) is 0 Å². The summed E-state index contributed by atoms with van der Waals surface area (Å²) in [5.41, 5.74) is 0. The Labute approximate surface area is 175 Å². The van der Waals surface area contributed by atoms with Crippen LogP contribution in [0.2, 0.25) is 0 Å². The zero-order chi connectivity index (χ0) is 15.7. The maximum Gasteiger partial charge on any atom is 1.00 e. The average molecular weight is 424 g/mol. The molecule has 0 spiro atoms. The fraction of sp³-hybridized carbons (Fsp3) is 0.600. The second-order valence-electron chi connectivity index (χ2n) is 3.97. The molecule has 9 N–H and O–H groups in total. The van der Waals surface area contributed by atoms with E-state index < -0.39 is 50.1 Å². The van der Waals surface area contributed by atoms with Gasteiger partial charge >= 0.3 is 47.5 Å². The average Bonchev–Trinajstić information content (AvgIpc) is 2.22. The summed E-state index contributed by atoms with van der Waals surface area (Å²) in [5.74, 6) is -5.21. The van der Waals surface area contributed by atoms with E-state index in [4.69, 9.17) is 15.3 Å². The number of carbonyl (C=O) groups is 4. The Hall–Kier alpha value is -0.801. The Kier molecular flexibility index (Phi) is 33.4. The second kappa shape index (κ2) is 21.2. The third-order valence-electron chi connectivity index (χ3n) is 2.16. The summed E-state index contributed by atoms with van der Waals surface area (Å²) in [5, 5.41) is 36.3. The fourth-order valence-corrected chi connectivity index (χ4v) is 1.47. The van der Waals surface area contributed by atoms with Gasteiger partial charge in [0.1, 0.15) is 0 Å². The van der Waals surface area contributed by atoms with Gasteiger partial charge in [0.2, 0.25) is 0 Å². The number of hydrogen-bond donors (Lipinski definition) is 3. The molecule has 13 nitrogen and oxygen atoms in total. The zero-order valence-corrected chi connectivity index (χ0v) is 16.5. The first-order chi connectivity index (χ1) is 9.20. The number of aliphatic carboxylic acids is 4. The van der Waals surface area contributed by atoms with Crippen LogP contribution in [0.5, 0.6) is 0 Å². The molecule has 0 aliphatic rings. The van der Waals surface area contributed by atoms with Crippen LogP contribution >= 0.6 is 0 Å². The molecule has 0 aliphatic heterocycles. The molecule has 0 bridgehead atoms. The molecule has 0 atom stereocenters. The summed E-state index contributed by atoms with van der Waals surface area (Å²) >= 11 is 0. The van der Waals surface area contributed by atoms with Crippen LogP contribution in [0.3, 0.4) is 0 Å². The van der Waals surface area contributed by atoms with Crippen LogP contribution in [-0.4, -0.2) is 105 Å². The molecule has 0 heterocycles. The Balaban J connectivity index is -0.000000180. The number of nitrogens with zero attached hydrogens (tertiary/aromatic N) is 2. The molecule has 25 heavy (non-hydrogen) atoms. The maximum atomic E-state index is 10.5. The van der Waals surface area contributed by atoms with Gasteiger partial charge in [-0.3, -0.25) is 24.2 Å². The molecular formula is C10H21FeN2NaO11. The predicted molar refractivity (Wildman–Crippen MR) is 71.6 cm³/mol. The van der Waals surface area contributed by atoms with E-state index in [1.54, 1.807) is 0 Å². The minimum atomic E-state index is -1.48. The molecule has 0 radical (unpaired) electrons. The number of carbonyl (C=O) groups excluding carboxylic acids is 1. The van der Waals surface area contributed by atoms with Gasteiger partial charge in [0.25, 0.3) is 0 Å². The van der Waals surface area contributed by atoms with Crippen molar-refractivity contribution in [3.63, 3.8) is 0 Å². The van der Waals surface area contributed by atoms with Crippen LogP contribution < -0.4 is 34.7 Å². The van der Waals surface area contributed by atoms with E-state index in [2.05, 4.69) is 0 Å². The summed E-state index contributed by atoms with van der Waals surface area (Å²) < 4.78 is 0. The van der Waals surface area contributed by atoms with E-state index in [9.17, 15) is 24.3 Å². The van der Waals surface area contributed by atoms with Crippen molar-refractivity contribution in [2.75, 3.05) is 39.3 Å². The van der Waals surface area contributed by atoms with Gasteiger partial charge < -0.3 is 41.6 Å². The van der Waals surface area contributed by atoms with E-state index in [0.29, 0.717) is 0 Å². The molecule has 0 aromatic heterocycles. The van der Waals surface area contributed by atoms with E-state index in [1.807, 2.05) is 0 Å². The Morgan fingerprint density at radius 3 is 1.12 bits per heavy atom. The first kappa shape index (κ1) is 39.3. The van der Waals surface area contributed by atoms with Crippen molar-refractivity contribution in [3.05, 3.63) is 0 Å². The molecule has 0 rings (SSSR count). The molecule has 15 heteroatoms. The largest absolute Gasteiger partial charge is 1.00 e. The second-order valence-corrected chi connectivity index (χ2v) is 3.97. The van der Waals surface area contributed by atoms with Gasteiger partial charge in [0.05, 0.1) is 25.6 Å². The van der Waals surface area contributed by atoms with E-state index in [0.717, 1.165) is 9.80 Å². The van der Waals surface area contributed by atoms with Crippen molar-refractivity contribution in [2.24, 2.45) is 0 Å². The van der Waals surface area contributed by atoms with Crippen molar-refractivity contribution in [3.8, 4) is 0 Å². The number of carboxylic acids is 4. The van der Waals surface area contributed by atoms with E-state index in [1.165, 1.54) is 0 Å². The molecule has 0 saturated heterocycles. The van der Waals surface area contributed by atoms with Gasteiger partial charge in [-0.2, -0.15) is 0 Å². The van der Waals surface area contributed by atoms with Gasteiger partial charge in [-0.15, -0.1) is 0 Å². The smallest absolute Gasteiger partial charge is 0.549 e. The van der Waals surface area contributed by atoms with Gasteiger partial charge in [-0.25, -0.2) is 0 Å². The summed E-state index contributed by atoms with van der Waals surface area (Å²) in [6, 6.07) is 0. The molecule has 0 aromatic rings. The van der Waals surface area contributed by atoms with Crippen molar-refractivity contribution >= 4 is 23.9 Å². The number of rotatable bonds is 11. The topological polar surface area (TPSA) is 253 Å². The Bertz CT molecular complexity index is 331. The zero-order valence-electron chi connectivity index (χ0n) is 13.4. The molecule has 0 saturated carbocycles. The molecule has 0 amide bonds. The predicted octanol–water partition coefficient (Wildman–Crippen LogP) is -8.88. The quantitative estimate of drug-likeness (QED) is 0.264. The monoisotopic (exact) mass is 424 g/mol. The van der Waals surface area contributed by atoms with Gasteiger partial charge in [0, 0.05) is 36.7 Å². The summed E-state index contributed by atoms with van der Waals surface area (Å²) in [6.45, 7) is -2.50. The molecule has 0 aliphatic carbocycles. The molecule has 0 fully saturated rings. The fourth-order valence-electron chi connectivity index (χ4n) is 1.47. The first-order valence-corrected chi connectivity index (χ1v) is 5.50. The van der Waals surface area contributed by atoms with Crippen molar-refractivity contribution in [2.45, 2.75) is 0 Å². The van der Waals surface area contributed by atoms with Crippen LogP contribution in [0.15, 0.2) is 0 Å². The van der Waals surface area contributed by atoms with Crippen LogP contribution in [0.4, 0.5) is 0 Å². The van der Waals surface area contributed by atoms with Crippen molar-refractivity contribution in [1.29, 1.82) is 0 Å². The number of hydrogen-bond acceptors (Lipinski definition) is 7. The normalized spacial score (nSPS) is 8.56. The maximum absolute atomic E-state index is 10.5. The van der Waals surface area contributed by atoms with Crippen LogP contribution in [0.1, 0.15) is 0 Å². The summed E-state index contributed by atoms with van der Waals surface area (Å²) in [4.78, 5) is 44.1. The summed E-state index contributed by atoms with van der Waals surface area (Å²) in [7, 11) is 0. The minimum absolute atomic E-state index is 0. The molecule has 146 valence electrons.